The lowest BCUT2D eigenvalue weighted by Crippen LogP contribution is -2.41. The lowest BCUT2D eigenvalue weighted by atomic mass is 10.1. The number of carbonyl (C=O) groups excluding carboxylic acids is 5. The predicted molar refractivity (Wildman–Crippen MR) is 477 cm³/mol. The highest BCUT2D eigenvalue weighted by molar-refractivity contribution is 8.15. The number of aromatic nitrogens is 10. The number of hydrogen-bond donors (Lipinski definition) is 1. The Morgan fingerprint density at radius 3 is 0.868 bits per heavy atom. The number of phenols is 1. The number of aryl methyl sites for hydroxylation is 4. The molecule has 33 nitrogen and oxygen atoms in total. The van der Waals surface area contributed by atoms with Crippen LogP contribution in [0, 0.1) is 27.7 Å². The second-order valence-electron chi connectivity index (χ2n) is 28.8. The molecule has 1 N–H and O–H groups in total. The molecule has 0 atom stereocenters. The minimum atomic E-state index is -0.422. The number of phenolic OH excluding ortho intramolecular Hbond substituents is 1. The monoisotopic (exact) mass is 1760 g/mol. The third-order valence-electron chi connectivity index (χ3n) is 20.4. The molecule has 0 aliphatic carbocycles. The van der Waals surface area contributed by atoms with Crippen molar-refractivity contribution in [2.24, 2.45) is 95.4 Å². The number of ketones is 4. The Morgan fingerprint density at radius 2 is 0.595 bits per heavy atom. The summed E-state index contributed by atoms with van der Waals surface area (Å²) < 4.78 is 17.4. The average Bonchev–Trinajstić information content (AvgIpc) is 1.67. The van der Waals surface area contributed by atoms with Crippen molar-refractivity contribution in [2.75, 3.05) is 55.1 Å². The number of rotatable bonds is 14. The van der Waals surface area contributed by atoms with E-state index in [0.29, 0.717) is 173 Å². The quantitative estimate of drug-likeness (QED) is 0.122. The van der Waals surface area contributed by atoms with Gasteiger partial charge < -0.3 is 14.7 Å². The number of amides is 1. The molecule has 0 radical (unpaired) electrons. The molecule has 121 heavy (non-hydrogen) atoms. The second-order valence-corrected chi connectivity index (χ2v) is 34.4. The molecule has 15 rings (SSSR count). The van der Waals surface area contributed by atoms with Crippen LogP contribution in [0.15, 0.2) is 158 Å². The predicted octanol–water partition coefficient (Wildman–Crippen LogP) is 6.00. The van der Waals surface area contributed by atoms with Crippen LogP contribution in [-0.4, -0.2) is 165 Å². The molecule has 6 aliphatic rings. The van der Waals surface area contributed by atoms with Crippen LogP contribution >= 0.6 is 70.4 Å². The van der Waals surface area contributed by atoms with Crippen LogP contribution in [0.3, 0.4) is 0 Å². The van der Waals surface area contributed by atoms with Gasteiger partial charge in [-0.25, -0.2) is 48.9 Å². The number of thioether (sulfide) groups is 5. The third kappa shape index (κ3) is 20.1. The number of ether oxygens (including phenoxy) is 1. The van der Waals surface area contributed by atoms with Gasteiger partial charge in [0.05, 0.1) is 95.0 Å². The zero-order valence-corrected chi connectivity index (χ0v) is 73.4. The fraction of sp³-hybridized carbons (Fsp3) is 0.341. The summed E-state index contributed by atoms with van der Waals surface area (Å²) in [4.78, 5) is 205. The van der Waals surface area contributed by atoms with Gasteiger partial charge in [-0.2, -0.15) is 0 Å². The molecular weight excluding hydrogens is 1680 g/mol. The van der Waals surface area contributed by atoms with Gasteiger partial charge in [-0.05, 0) is 75.2 Å². The molecule has 1 fully saturated rings. The van der Waals surface area contributed by atoms with Crippen molar-refractivity contribution in [3.63, 3.8) is 0 Å². The van der Waals surface area contributed by atoms with E-state index >= 15 is 0 Å². The smallest absolute Gasteiger partial charge is 0.332 e. The van der Waals surface area contributed by atoms with Crippen molar-refractivity contribution in [3.8, 4) is 5.75 Å². The first kappa shape index (κ1) is 90.3. The third-order valence-corrected chi connectivity index (χ3v) is 25.7. The fourth-order valence-corrected chi connectivity index (χ4v) is 17.5. The summed E-state index contributed by atoms with van der Waals surface area (Å²) in [5, 5.41) is 13.5. The Labute approximate surface area is 716 Å². The van der Waals surface area contributed by atoms with Crippen LogP contribution in [-0.2, 0) is 112 Å². The van der Waals surface area contributed by atoms with Gasteiger partial charge >= 0.3 is 28.4 Å². The Bertz CT molecular complexity index is 6300. The maximum absolute atomic E-state index is 12.3. The van der Waals surface area contributed by atoms with Gasteiger partial charge in [0.1, 0.15) is 34.8 Å². The Balaban J connectivity index is 0.000000148. The highest BCUT2D eigenvalue weighted by atomic mass is 35.5. The number of morpholine rings is 1. The van der Waals surface area contributed by atoms with Gasteiger partial charge in [-0.15, -0.1) is 58.8 Å². The average molecular weight is 1760 g/mol. The number of benzene rings is 4. The number of halogens is 1. The van der Waals surface area contributed by atoms with E-state index in [2.05, 4.69) is 25.0 Å². The summed E-state index contributed by atoms with van der Waals surface area (Å²) in [5.41, 5.74) is 4.93. The molecule has 4 aromatic carbocycles. The van der Waals surface area contributed by atoms with Crippen LogP contribution in [0.1, 0.15) is 91.5 Å². The molecule has 6 aliphatic heterocycles. The maximum atomic E-state index is 12.3. The maximum Gasteiger partial charge on any atom is 0.332 e. The van der Waals surface area contributed by atoms with Crippen molar-refractivity contribution >= 4 is 154 Å². The fourth-order valence-electron chi connectivity index (χ4n) is 13.1. The van der Waals surface area contributed by atoms with E-state index in [1.165, 1.54) is 123 Å². The Hall–Kier alpha value is -11.4. The van der Waals surface area contributed by atoms with E-state index in [-0.39, 0.29) is 91.4 Å². The number of Topliss-reactive ketones (excluding diaryl/α,β-unsaturated/α-hetero) is 4. The van der Waals surface area contributed by atoms with Gasteiger partial charge in [-0.1, -0.05) is 71.3 Å². The van der Waals surface area contributed by atoms with Crippen LogP contribution in [0.4, 0.5) is 29.1 Å². The number of aliphatic imine (C=N–C) groups is 5. The largest absolute Gasteiger partial charge is 0.508 e. The van der Waals surface area contributed by atoms with Crippen molar-refractivity contribution in [1.29, 1.82) is 0 Å². The van der Waals surface area contributed by atoms with Gasteiger partial charge in [0.25, 0.3) is 27.8 Å². The number of fused-ring (bicyclic) bond motifs is 5. The molecule has 632 valence electrons. The summed E-state index contributed by atoms with van der Waals surface area (Å²) in [6, 6.07) is 24.7. The SMILES string of the molecule is Cc1cc(C(=O)CSC2=Nc3c(c(=O)n(C)c(=O)n3C)C2)ccc1Cl.Cc1cc(C(=O)CSC2=Nc3c(c(=O)n(C)c(=O)n3C)C2)ccc1O.Cc1ccc(C(=O)CSC2=Nc3c(c(=O)n(C)c(=O)n3C)C2)cc1.Cc1ccc(C(=O)CSC2=Nc3c(c(=O)n(C)c(=O)n3C)C2)cc1.Cn1c2c(c(=O)n(C)c1=O)CC(SCC(=O)N1CCOCC1)=N2. The van der Waals surface area contributed by atoms with E-state index in [0.717, 1.165) is 39.5 Å². The van der Waals surface area contributed by atoms with Crippen LogP contribution in [0.5, 0.6) is 5.75 Å². The van der Waals surface area contributed by atoms with Gasteiger partial charge in [0.15, 0.2) is 23.1 Å². The first-order valence-electron chi connectivity index (χ1n) is 37.5. The normalized spacial score (nSPS) is 13.7. The summed E-state index contributed by atoms with van der Waals surface area (Å²) in [6.45, 7) is 9.88. The van der Waals surface area contributed by atoms with Gasteiger partial charge in [0, 0.05) is 143 Å². The van der Waals surface area contributed by atoms with E-state index in [9.17, 15) is 77.0 Å². The molecular formula is C82H85ClN16O17S5. The lowest BCUT2D eigenvalue weighted by Gasteiger charge is -2.26. The molecule has 1 saturated heterocycles. The zero-order valence-electron chi connectivity index (χ0n) is 68.5. The zero-order chi connectivity index (χ0) is 88.0. The minimum Gasteiger partial charge on any atom is -0.508 e. The lowest BCUT2D eigenvalue weighted by molar-refractivity contribution is -0.132. The van der Waals surface area contributed by atoms with Gasteiger partial charge in [0.2, 0.25) is 5.91 Å². The first-order chi connectivity index (χ1) is 57.3. The van der Waals surface area contributed by atoms with Crippen molar-refractivity contribution in [1.82, 2.24) is 50.6 Å². The molecule has 1 amide bonds. The van der Waals surface area contributed by atoms with Crippen LogP contribution in [0.2, 0.25) is 5.02 Å². The van der Waals surface area contributed by atoms with Crippen molar-refractivity contribution in [2.45, 2.75) is 59.8 Å². The molecule has 0 saturated carbocycles. The first-order valence-corrected chi connectivity index (χ1v) is 42.8. The van der Waals surface area contributed by atoms with Crippen molar-refractivity contribution in [3.05, 3.63) is 266 Å². The summed E-state index contributed by atoms with van der Waals surface area (Å²) in [7, 11) is 15.2. The van der Waals surface area contributed by atoms with Crippen molar-refractivity contribution < 1.29 is 33.8 Å². The Morgan fingerprint density at radius 1 is 0.347 bits per heavy atom. The molecule has 0 spiro atoms. The molecule has 0 unspecified atom stereocenters. The molecule has 39 heteroatoms. The molecule has 9 aromatic rings. The summed E-state index contributed by atoms with van der Waals surface area (Å²) >= 11 is 12.5. The summed E-state index contributed by atoms with van der Waals surface area (Å²) in [5.74, 6) is 3.20. The number of nitrogens with zero attached hydrogens (tertiary/aromatic N) is 16. The number of aromatic hydroxyl groups is 1. The highest BCUT2D eigenvalue weighted by Crippen LogP contribution is 2.33. The number of carbonyl (C=O) groups is 5. The van der Waals surface area contributed by atoms with Crippen LogP contribution < -0.4 is 56.2 Å². The standard InChI is InChI=1S/C17H16ClN3O3S.C17H17N3O4S.2C17H17N3O3S.C14H18N4O4S/c1-9-6-10(4-5-12(9)18)13(22)8-25-14-7-11-15(19-14)20(2)17(24)21(3)16(11)23;1-9-6-10(4-5-12(9)21)13(22)8-25-14-7-11-15(18-14)19(2)17(24)20(3)16(11)23;2*1-10-4-6-11(7-5-10)13(21)9-24-14-8-12-15(18-14)19(2)17(23)20(3)16(12)22;1-16-12-9(13(20)17(2)14(16)21)7-10(15-12)23-8-11(19)18-3-5-22-6-4-18/h4-6H,7-8H2,1-3H3;4-6,21H,7-8H2,1-3H3;2*4-7H,8-9H2,1-3H3;3-8H2,1-2H3. The highest BCUT2D eigenvalue weighted by Gasteiger charge is 2.31. The summed E-state index contributed by atoms with van der Waals surface area (Å²) in [6.07, 6.45) is 1.76. The van der Waals surface area contributed by atoms with E-state index < -0.39 is 28.4 Å². The van der Waals surface area contributed by atoms with Crippen LogP contribution in [0.25, 0.3) is 0 Å². The molecule has 5 aromatic heterocycles. The topological polar surface area (TPSA) is 400 Å². The molecule has 0 bridgehead atoms. The van der Waals surface area contributed by atoms with E-state index in [4.69, 9.17) is 16.3 Å². The number of hydrogen-bond acceptors (Lipinski definition) is 27. The Kier molecular flexibility index (Phi) is 28.8. The van der Waals surface area contributed by atoms with E-state index in [1.807, 2.05) is 69.3 Å². The van der Waals surface area contributed by atoms with Gasteiger partial charge in [-0.3, -0.25) is 93.6 Å². The minimum absolute atomic E-state index is 0.0143. The second kappa shape index (κ2) is 38.5. The molecule has 11 heterocycles. The van der Waals surface area contributed by atoms with E-state index in [1.54, 1.807) is 77.4 Å².